The molecule has 1 N–H and O–H groups in total. The Hall–Kier alpha value is -0.980. The third kappa shape index (κ3) is 2.73. The minimum Gasteiger partial charge on any atom is -0.486 e. The summed E-state index contributed by atoms with van der Waals surface area (Å²) in [6, 6.07) is 11.1. The lowest BCUT2D eigenvalue weighted by atomic mass is 10.0. The fourth-order valence-electron chi connectivity index (χ4n) is 2.11. The Balaban J connectivity index is 1.98. The first-order valence-corrected chi connectivity index (χ1v) is 7.63. The molecule has 0 aromatic heterocycles. The summed E-state index contributed by atoms with van der Waals surface area (Å²) in [5, 5.41) is 11.0. The number of hydrogen-bond acceptors (Lipinski definition) is 3. The van der Waals surface area contributed by atoms with Crippen LogP contribution in [0.4, 0.5) is 0 Å². The molecule has 3 rings (SSSR count). The summed E-state index contributed by atoms with van der Waals surface area (Å²) in [7, 11) is 0. The maximum Gasteiger partial charge on any atom is 0.162 e. The molecule has 0 spiro atoms. The minimum absolute atomic E-state index is 0.473. The van der Waals surface area contributed by atoms with Crippen molar-refractivity contribution < 1.29 is 14.6 Å². The van der Waals surface area contributed by atoms with Crippen molar-refractivity contribution in [1.82, 2.24) is 0 Å². The van der Waals surface area contributed by atoms with Crippen LogP contribution in [0.5, 0.6) is 11.5 Å². The summed E-state index contributed by atoms with van der Waals surface area (Å²) in [5.74, 6) is 1.25. The van der Waals surface area contributed by atoms with E-state index in [4.69, 9.17) is 21.1 Å². The first kappa shape index (κ1) is 14.0. The van der Waals surface area contributed by atoms with Crippen molar-refractivity contribution in [1.29, 1.82) is 0 Å². The second-order valence-electron chi connectivity index (χ2n) is 4.47. The summed E-state index contributed by atoms with van der Waals surface area (Å²) in [4.78, 5) is 0. The molecular formula is C15H12ClIO3. The molecule has 104 valence electrons. The molecule has 1 aliphatic heterocycles. The van der Waals surface area contributed by atoms with Gasteiger partial charge >= 0.3 is 0 Å². The maximum absolute atomic E-state index is 10.5. The largest absolute Gasteiger partial charge is 0.486 e. The summed E-state index contributed by atoms with van der Waals surface area (Å²) in [6.07, 6.45) is -0.782. The van der Waals surface area contributed by atoms with Crippen LogP contribution in [0.1, 0.15) is 17.2 Å². The molecule has 0 amide bonds. The van der Waals surface area contributed by atoms with Crippen molar-refractivity contribution in [2.45, 2.75) is 6.10 Å². The Morgan fingerprint density at radius 3 is 2.30 bits per heavy atom. The highest BCUT2D eigenvalue weighted by Crippen LogP contribution is 2.39. The molecule has 2 aromatic rings. The van der Waals surface area contributed by atoms with Crippen molar-refractivity contribution >= 4 is 34.2 Å². The molecule has 0 fully saturated rings. The highest BCUT2D eigenvalue weighted by molar-refractivity contribution is 14.1. The van der Waals surface area contributed by atoms with Gasteiger partial charge < -0.3 is 14.6 Å². The van der Waals surface area contributed by atoms with Gasteiger partial charge in [0.05, 0.1) is 5.02 Å². The molecule has 0 radical (unpaired) electrons. The van der Waals surface area contributed by atoms with Gasteiger partial charge in [0.25, 0.3) is 0 Å². The van der Waals surface area contributed by atoms with Crippen LogP contribution in [-0.2, 0) is 0 Å². The van der Waals surface area contributed by atoms with Gasteiger partial charge in [-0.3, -0.25) is 0 Å². The van der Waals surface area contributed by atoms with Crippen LogP contribution in [0.15, 0.2) is 36.4 Å². The Morgan fingerprint density at radius 1 is 1.05 bits per heavy atom. The molecule has 5 heteroatoms. The Labute approximate surface area is 135 Å². The van der Waals surface area contributed by atoms with Crippen LogP contribution in [0.2, 0.25) is 5.02 Å². The number of fused-ring (bicyclic) bond motifs is 1. The van der Waals surface area contributed by atoms with Crippen LogP contribution in [0.25, 0.3) is 0 Å². The van der Waals surface area contributed by atoms with E-state index in [9.17, 15) is 5.11 Å². The SMILES string of the molecule is OC(c1ccc(I)cc1)c1cc2c(cc1Cl)OCCO2. The van der Waals surface area contributed by atoms with Crippen LogP contribution in [0.3, 0.4) is 0 Å². The fraction of sp³-hybridized carbons (Fsp3) is 0.200. The van der Waals surface area contributed by atoms with Gasteiger partial charge in [-0.2, -0.15) is 0 Å². The Bertz CT molecular complexity index is 628. The number of ether oxygens (including phenoxy) is 2. The van der Waals surface area contributed by atoms with Gasteiger partial charge in [-0.05, 0) is 46.4 Å². The van der Waals surface area contributed by atoms with E-state index in [0.717, 1.165) is 9.13 Å². The van der Waals surface area contributed by atoms with Gasteiger partial charge in [0.1, 0.15) is 19.3 Å². The monoisotopic (exact) mass is 402 g/mol. The minimum atomic E-state index is -0.782. The van der Waals surface area contributed by atoms with Gasteiger partial charge in [0.2, 0.25) is 0 Å². The molecule has 1 unspecified atom stereocenters. The first-order chi connectivity index (χ1) is 9.65. The zero-order valence-electron chi connectivity index (χ0n) is 10.5. The van der Waals surface area contributed by atoms with Crippen molar-refractivity contribution in [3.63, 3.8) is 0 Å². The molecule has 1 heterocycles. The van der Waals surface area contributed by atoms with Crippen LogP contribution < -0.4 is 9.47 Å². The molecule has 0 bridgehead atoms. The third-order valence-electron chi connectivity index (χ3n) is 3.14. The molecule has 0 saturated heterocycles. The van der Waals surface area contributed by atoms with E-state index >= 15 is 0 Å². The normalized spacial score (nSPS) is 14.9. The molecule has 20 heavy (non-hydrogen) atoms. The van der Waals surface area contributed by atoms with E-state index in [1.807, 2.05) is 24.3 Å². The maximum atomic E-state index is 10.5. The standard InChI is InChI=1S/C15H12ClIO3/c16-12-8-14-13(19-5-6-20-14)7-11(12)15(18)9-1-3-10(17)4-2-9/h1-4,7-8,15,18H,5-6H2. The summed E-state index contributed by atoms with van der Waals surface area (Å²) < 4.78 is 12.1. The highest BCUT2D eigenvalue weighted by Gasteiger charge is 2.20. The van der Waals surface area contributed by atoms with Gasteiger partial charge in [0.15, 0.2) is 11.5 Å². The third-order valence-corrected chi connectivity index (χ3v) is 4.19. The van der Waals surface area contributed by atoms with E-state index in [-0.39, 0.29) is 0 Å². The number of aliphatic hydroxyl groups excluding tert-OH is 1. The molecule has 2 aromatic carbocycles. The molecular weight excluding hydrogens is 391 g/mol. The molecule has 1 aliphatic rings. The zero-order valence-corrected chi connectivity index (χ0v) is 13.4. The molecule has 1 atom stereocenters. The number of rotatable bonds is 2. The van der Waals surface area contributed by atoms with Crippen LogP contribution in [0, 0.1) is 3.57 Å². The average Bonchev–Trinajstić information content (AvgIpc) is 2.46. The van der Waals surface area contributed by atoms with Gasteiger partial charge in [-0.25, -0.2) is 0 Å². The van der Waals surface area contributed by atoms with Crippen LogP contribution in [-0.4, -0.2) is 18.3 Å². The predicted octanol–water partition coefficient (Wildman–Crippen LogP) is 3.80. The smallest absolute Gasteiger partial charge is 0.162 e. The molecule has 0 aliphatic carbocycles. The van der Waals surface area contributed by atoms with Gasteiger partial charge in [-0.15, -0.1) is 0 Å². The van der Waals surface area contributed by atoms with E-state index in [1.54, 1.807) is 12.1 Å². The van der Waals surface area contributed by atoms with E-state index < -0.39 is 6.10 Å². The first-order valence-electron chi connectivity index (χ1n) is 6.18. The number of halogens is 2. The average molecular weight is 403 g/mol. The van der Waals surface area contributed by atoms with E-state index in [0.29, 0.717) is 35.3 Å². The molecule has 3 nitrogen and oxygen atoms in total. The second kappa shape index (κ2) is 5.79. The van der Waals surface area contributed by atoms with Gasteiger partial charge in [-0.1, -0.05) is 23.7 Å². The van der Waals surface area contributed by atoms with Crippen molar-refractivity contribution in [3.05, 3.63) is 56.1 Å². The number of benzene rings is 2. The Kier molecular flexibility index (Phi) is 4.05. The highest BCUT2D eigenvalue weighted by atomic mass is 127. The lowest BCUT2D eigenvalue weighted by Crippen LogP contribution is -2.16. The Morgan fingerprint density at radius 2 is 1.65 bits per heavy atom. The predicted molar refractivity (Wildman–Crippen MR) is 85.7 cm³/mol. The summed E-state index contributed by atoms with van der Waals surface area (Å²) in [5.41, 5.74) is 1.42. The zero-order chi connectivity index (χ0) is 14.1. The van der Waals surface area contributed by atoms with Crippen molar-refractivity contribution in [2.75, 3.05) is 13.2 Å². The number of aliphatic hydroxyl groups is 1. The lowest BCUT2D eigenvalue weighted by Gasteiger charge is -2.21. The fourth-order valence-corrected chi connectivity index (χ4v) is 2.73. The molecule has 0 saturated carbocycles. The van der Waals surface area contributed by atoms with Crippen LogP contribution >= 0.6 is 34.2 Å². The summed E-state index contributed by atoms with van der Waals surface area (Å²) in [6.45, 7) is 1.02. The number of hydrogen-bond donors (Lipinski definition) is 1. The topological polar surface area (TPSA) is 38.7 Å². The lowest BCUT2D eigenvalue weighted by molar-refractivity contribution is 0.169. The van der Waals surface area contributed by atoms with Gasteiger partial charge in [0, 0.05) is 15.2 Å². The van der Waals surface area contributed by atoms with E-state index in [2.05, 4.69) is 22.6 Å². The van der Waals surface area contributed by atoms with Crippen molar-refractivity contribution in [3.8, 4) is 11.5 Å². The quantitative estimate of drug-likeness (QED) is 0.777. The van der Waals surface area contributed by atoms with E-state index in [1.165, 1.54) is 0 Å². The summed E-state index contributed by atoms with van der Waals surface area (Å²) >= 11 is 8.47. The van der Waals surface area contributed by atoms with Crippen molar-refractivity contribution in [2.24, 2.45) is 0 Å². The second-order valence-corrected chi connectivity index (χ2v) is 6.12.